The topological polar surface area (TPSA) is 35.2 Å². The molecule has 1 fully saturated rings. The maximum atomic E-state index is 5.85. The lowest BCUT2D eigenvalue weighted by Crippen LogP contribution is -2.14. The maximum Gasteiger partial charge on any atom is 0.0853 e. The summed E-state index contributed by atoms with van der Waals surface area (Å²) in [6.07, 6.45) is 3.96. The quantitative estimate of drug-likeness (QED) is 0.798. The van der Waals surface area contributed by atoms with Crippen LogP contribution in [0, 0.1) is 5.92 Å². The van der Waals surface area contributed by atoms with Crippen molar-refractivity contribution in [2.75, 3.05) is 13.2 Å². The second-order valence-electron chi connectivity index (χ2n) is 4.51. The van der Waals surface area contributed by atoms with Crippen molar-refractivity contribution in [3.63, 3.8) is 0 Å². The van der Waals surface area contributed by atoms with E-state index in [0.717, 1.165) is 12.3 Å². The average Bonchev–Trinajstić information content (AvgIpc) is 3.15. The SMILES string of the molecule is CCc1ccc(C(OCCN)C2CC2)cc1. The Hall–Kier alpha value is -0.860. The molecule has 2 nitrogen and oxygen atoms in total. The molecule has 88 valence electrons. The summed E-state index contributed by atoms with van der Waals surface area (Å²) >= 11 is 0. The van der Waals surface area contributed by atoms with E-state index < -0.39 is 0 Å². The van der Waals surface area contributed by atoms with Crippen LogP contribution in [0.15, 0.2) is 24.3 Å². The van der Waals surface area contributed by atoms with Gasteiger partial charge in [-0.25, -0.2) is 0 Å². The summed E-state index contributed by atoms with van der Waals surface area (Å²) in [6, 6.07) is 8.82. The van der Waals surface area contributed by atoms with E-state index >= 15 is 0 Å². The van der Waals surface area contributed by atoms with Crippen LogP contribution in [0.4, 0.5) is 0 Å². The van der Waals surface area contributed by atoms with Gasteiger partial charge in [-0.05, 0) is 36.3 Å². The summed E-state index contributed by atoms with van der Waals surface area (Å²) in [6.45, 7) is 3.45. The van der Waals surface area contributed by atoms with Crippen molar-refractivity contribution in [1.29, 1.82) is 0 Å². The first-order chi connectivity index (χ1) is 7.85. The van der Waals surface area contributed by atoms with Gasteiger partial charge in [0.1, 0.15) is 0 Å². The summed E-state index contributed by atoms with van der Waals surface area (Å²) in [7, 11) is 0. The van der Waals surface area contributed by atoms with E-state index in [2.05, 4.69) is 31.2 Å². The smallest absolute Gasteiger partial charge is 0.0853 e. The Morgan fingerprint density at radius 1 is 1.31 bits per heavy atom. The highest BCUT2D eigenvalue weighted by Crippen LogP contribution is 2.43. The lowest BCUT2D eigenvalue weighted by Gasteiger charge is -2.17. The molecular weight excluding hydrogens is 198 g/mol. The predicted octanol–water partition coefficient (Wildman–Crippen LogP) is 2.68. The Bertz CT molecular complexity index is 316. The van der Waals surface area contributed by atoms with Gasteiger partial charge in [-0.2, -0.15) is 0 Å². The van der Waals surface area contributed by atoms with Crippen molar-refractivity contribution < 1.29 is 4.74 Å². The third-order valence-corrected chi connectivity index (χ3v) is 3.18. The molecule has 2 rings (SSSR count). The molecule has 0 radical (unpaired) electrons. The summed E-state index contributed by atoms with van der Waals surface area (Å²) in [5.41, 5.74) is 8.20. The van der Waals surface area contributed by atoms with Crippen molar-refractivity contribution in [2.24, 2.45) is 11.7 Å². The maximum absolute atomic E-state index is 5.85. The minimum Gasteiger partial charge on any atom is -0.372 e. The van der Waals surface area contributed by atoms with Crippen LogP contribution in [0.3, 0.4) is 0 Å². The first-order valence-corrected chi connectivity index (χ1v) is 6.25. The standard InChI is InChI=1S/C14H21NO/c1-2-11-3-5-12(6-4-11)14(13-7-8-13)16-10-9-15/h3-6,13-14H,2,7-10,15H2,1H3. The van der Waals surface area contributed by atoms with E-state index in [9.17, 15) is 0 Å². The van der Waals surface area contributed by atoms with Crippen LogP contribution < -0.4 is 5.73 Å². The first kappa shape index (κ1) is 11.6. The molecule has 0 heterocycles. The molecule has 2 heteroatoms. The zero-order valence-electron chi connectivity index (χ0n) is 9.99. The number of aryl methyl sites for hydroxylation is 1. The summed E-state index contributed by atoms with van der Waals surface area (Å²) in [5.74, 6) is 0.721. The largest absolute Gasteiger partial charge is 0.372 e. The molecule has 2 N–H and O–H groups in total. The number of rotatable bonds is 6. The third kappa shape index (κ3) is 2.83. The van der Waals surface area contributed by atoms with Crippen LogP contribution >= 0.6 is 0 Å². The van der Waals surface area contributed by atoms with Gasteiger partial charge in [0.05, 0.1) is 12.7 Å². The number of ether oxygens (including phenoxy) is 1. The van der Waals surface area contributed by atoms with Crippen molar-refractivity contribution >= 4 is 0 Å². The Morgan fingerprint density at radius 3 is 2.50 bits per heavy atom. The van der Waals surface area contributed by atoms with Gasteiger partial charge in [0, 0.05) is 6.54 Å². The highest BCUT2D eigenvalue weighted by atomic mass is 16.5. The molecule has 0 aromatic heterocycles. The molecule has 1 aromatic rings. The zero-order chi connectivity index (χ0) is 11.4. The summed E-state index contributed by atoms with van der Waals surface area (Å²) in [5, 5.41) is 0. The summed E-state index contributed by atoms with van der Waals surface area (Å²) in [4.78, 5) is 0. The van der Waals surface area contributed by atoms with Gasteiger partial charge >= 0.3 is 0 Å². The van der Waals surface area contributed by atoms with Crippen LogP contribution in [-0.4, -0.2) is 13.2 Å². The molecule has 0 amide bonds. The van der Waals surface area contributed by atoms with Gasteiger partial charge in [-0.3, -0.25) is 0 Å². The van der Waals surface area contributed by atoms with Gasteiger partial charge in [-0.1, -0.05) is 31.2 Å². The second-order valence-corrected chi connectivity index (χ2v) is 4.51. The Balaban J connectivity index is 2.05. The van der Waals surface area contributed by atoms with Gasteiger partial charge in [-0.15, -0.1) is 0 Å². The Kier molecular flexibility index (Phi) is 3.97. The molecule has 0 aliphatic heterocycles. The molecule has 1 aliphatic rings. The highest BCUT2D eigenvalue weighted by molar-refractivity contribution is 5.25. The van der Waals surface area contributed by atoms with Gasteiger partial charge in [0.25, 0.3) is 0 Å². The number of nitrogens with two attached hydrogens (primary N) is 1. The molecular formula is C14H21NO. The van der Waals surface area contributed by atoms with E-state index in [-0.39, 0.29) is 6.10 Å². The second kappa shape index (κ2) is 5.46. The molecule has 0 spiro atoms. The lowest BCUT2D eigenvalue weighted by atomic mass is 10.0. The summed E-state index contributed by atoms with van der Waals surface area (Å²) < 4.78 is 5.85. The van der Waals surface area contributed by atoms with Gasteiger partial charge in [0.15, 0.2) is 0 Å². The fourth-order valence-electron chi connectivity index (χ4n) is 2.04. The normalized spacial score (nSPS) is 17.4. The van der Waals surface area contributed by atoms with E-state index in [4.69, 9.17) is 10.5 Å². The van der Waals surface area contributed by atoms with Gasteiger partial charge in [0.2, 0.25) is 0 Å². The highest BCUT2D eigenvalue weighted by Gasteiger charge is 2.32. The van der Waals surface area contributed by atoms with E-state index in [1.54, 1.807) is 0 Å². The van der Waals surface area contributed by atoms with Crippen molar-refractivity contribution in [2.45, 2.75) is 32.3 Å². The number of hydrogen-bond donors (Lipinski definition) is 1. The van der Waals surface area contributed by atoms with Crippen LogP contribution in [0.25, 0.3) is 0 Å². The molecule has 1 atom stereocenters. The number of benzene rings is 1. The molecule has 16 heavy (non-hydrogen) atoms. The monoisotopic (exact) mass is 219 g/mol. The van der Waals surface area contributed by atoms with Crippen LogP contribution in [-0.2, 0) is 11.2 Å². The Morgan fingerprint density at radius 2 is 2.00 bits per heavy atom. The first-order valence-electron chi connectivity index (χ1n) is 6.25. The zero-order valence-corrected chi connectivity index (χ0v) is 9.99. The molecule has 1 unspecified atom stereocenters. The van der Waals surface area contributed by atoms with E-state index in [1.807, 2.05) is 0 Å². The minimum atomic E-state index is 0.273. The fraction of sp³-hybridized carbons (Fsp3) is 0.571. The third-order valence-electron chi connectivity index (χ3n) is 3.18. The van der Waals surface area contributed by atoms with Crippen LogP contribution in [0.5, 0.6) is 0 Å². The van der Waals surface area contributed by atoms with E-state index in [0.29, 0.717) is 13.2 Å². The van der Waals surface area contributed by atoms with E-state index in [1.165, 1.54) is 24.0 Å². The van der Waals surface area contributed by atoms with Crippen molar-refractivity contribution in [3.8, 4) is 0 Å². The lowest BCUT2D eigenvalue weighted by molar-refractivity contribution is 0.0424. The number of hydrogen-bond acceptors (Lipinski definition) is 2. The Labute approximate surface area is 97.8 Å². The molecule has 1 aromatic carbocycles. The minimum absolute atomic E-state index is 0.273. The molecule has 0 saturated heterocycles. The molecule has 1 aliphatic carbocycles. The fourth-order valence-corrected chi connectivity index (χ4v) is 2.04. The van der Waals surface area contributed by atoms with Gasteiger partial charge < -0.3 is 10.5 Å². The molecule has 0 bridgehead atoms. The van der Waals surface area contributed by atoms with Crippen molar-refractivity contribution in [3.05, 3.63) is 35.4 Å². The molecule has 1 saturated carbocycles. The predicted molar refractivity (Wildman–Crippen MR) is 66.3 cm³/mol. The van der Waals surface area contributed by atoms with Crippen LogP contribution in [0.2, 0.25) is 0 Å². The average molecular weight is 219 g/mol. The van der Waals surface area contributed by atoms with Crippen molar-refractivity contribution in [1.82, 2.24) is 0 Å². The van der Waals surface area contributed by atoms with Crippen LogP contribution in [0.1, 0.15) is 37.0 Å².